The summed E-state index contributed by atoms with van der Waals surface area (Å²) in [6, 6.07) is 17.8. The number of likely N-dealkylation sites (tertiary alicyclic amines) is 1. The van der Waals surface area contributed by atoms with Gasteiger partial charge >= 0.3 is 0 Å². The highest BCUT2D eigenvalue weighted by Crippen LogP contribution is 2.35. The van der Waals surface area contributed by atoms with Crippen molar-refractivity contribution in [3.05, 3.63) is 66.0 Å². The molecule has 2 aliphatic rings. The molecule has 3 aromatic rings. The zero-order valence-electron chi connectivity index (χ0n) is 19.3. The van der Waals surface area contributed by atoms with Gasteiger partial charge in [-0.15, -0.1) is 0 Å². The van der Waals surface area contributed by atoms with Gasteiger partial charge in [-0.05, 0) is 55.5 Å². The van der Waals surface area contributed by atoms with Crippen LogP contribution >= 0.6 is 0 Å². The molecule has 0 radical (unpaired) electrons. The van der Waals surface area contributed by atoms with Gasteiger partial charge < -0.3 is 14.2 Å². The fourth-order valence-corrected chi connectivity index (χ4v) is 5.04. The molecule has 2 aliphatic heterocycles. The first kappa shape index (κ1) is 21.2. The molecular weight excluding hydrogens is 396 g/mol. The van der Waals surface area contributed by atoms with Crippen LogP contribution in [0.2, 0.25) is 0 Å². The van der Waals surface area contributed by atoms with E-state index >= 15 is 0 Å². The number of anilines is 1. The lowest BCUT2D eigenvalue weighted by Crippen LogP contribution is -2.35. The predicted molar refractivity (Wildman–Crippen MR) is 132 cm³/mol. The summed E-state index contributed by atoms with van der Waals surface area (Å²) in [7, 11) is 4.15. The molecule has 0 aliphatic carbocycles. The minimum atomic E-state index is 0.155. The third-order valence-electron chi connectivity index (χ3n) is 6.85. The molecule has 2 aromatic carbocycles. The summed E-state index contributed by atoms with van der Waals surface area (Å²) in [5.41, 5.74) is 4.86. The molecule has 1 aromatic heterocycles. The highest BCUT2D eigenvalue weighted by Gasteiger charge is 2.29. The van der Waals surface area contributed by atoms with Gasteiger partial charge in [0.05, 0.1) is 11.0 Å². The van der Waals surface area contributed by atoms with E-state index in [-0.39, 0.29) is 6.10 Å². The number of hydrogen-bond donors (Lipinski definition) is 0. The summed E-state index contributed by atoms with van der Waals surface area (Å²) >= 11 is 0. The lowest BCUT2D eigenvalue weighted by Gasteiger charge is -2.33. The van der Waals surface area contributed by atoms with E-state index in [4.69, 9.17) is 9.72 Å². The predicted octanol–water partition coefficient (Wildman–Crippen LogP) is 5.30. The van der Waals surface area contributed by atoms with Crippen molar-refractivity contribution in [2.45, 2.75) is 37.8 Å². The first-order chi connectivity index (χ1) is 15.7. The second kappa shape index (κ2) is 9.47. The number of imidazole rings is 1. The summed E-state index contributed by atoms with van der Waals surface area (Å²) in [5, 5.41) is 0. The van der Waals surface area contributed by atoms with E-state index in [2.05, 4.69) is 89.1 Å². The van der Waals surface area contributed by atoms with E-state index < -0.39 is 0 Å². The highest BCUT2D eigenvalue weighted by atomic mass is 16.5. The smallest absolute Gasteiger partial charge is 0.139 e. The number of para-hydroxylation sites is 2. The van der Waals surface area contributed by atoms with Crippen LogP contribution in [0.3, 0.4) is 0 Å². The molecule has 1 unspecified atom stereocenters. The van der Waals surface area contributed by atoms with Gasteiger partial charge in [-0.1, -0.05) is 36.4 Å². The van der Waals surface area contributed by atoms with Crippen LogP contribution in [0, 0.1) is 0 Å². The van der Waals surface area contributed by atoms with Crippen molar-refractivity contribution in [2.24, 2.45) is 0 Å². The van der Waals surface area contributed by atoms with Crippen LogP contribution in [-0.4, -0.2) is 54.8 Å². The van der Waals surface area contributed by atoms with E-state index in [0.717, 1.165) is 63.3 Å². The fourth-order valence-electron chi connectivity index (χ4n) is 5.04. The Kier molecular flexibility index (Phi) is 6.28. The monoisotopic (exact) mass is 430 g/mol. The number of fused-ring (bicyclic) bond motifs is 1. The van der Waals surface area contributed by atoms with Crippen LogP contribution in [-0.2, 0) is 4.74 Å². The van der Waals surface area contributed by atoms with E-state index in [1.165, 1.54) is 16.8 Å². The van der Waals surface area contributed by atoms with E-state index in [1.807, 2.05) is 0 Å². The zero-order chi connectivity index (χ0) is 21.9. The quantitative estimate of drug-likeness (QED) is 0.531. The van der Waals surface area contributed by atoms with E-state index in [0.29, 0.717) is 6.04 Å². The number of benzene rings is 2. The molecule has 3 heterocycles. The summed E-state index contributed by atoms with van der Waals surface area (Å²) in [6.07, 6.45) is 9.23. The zero-order valence-corrected chi connectivity index (χ0v) is 19.3. The Balaban J connectivity index is 1.23. The maximum atomic E-state index is 6.03. The first-order valence-electron chi connectivity index (χ1n) is 11.9. The minimum Gasteiger partial charge on any atom is -0.378 e. The number of piperidine rings is 1. The molecule has 0 spiro atoms. The average molecular weight is 431 g/mol. The second-order valence-corrected chi connectivity index (χ2v) is 9.25. The van der Waals surface area contributed by atoms with Crippen LogP contribution in [0.25, 0.3) is 17.1 Å². The van der Waals surface area contributed by atoms with Crippen LogP contribution in [0.5, 0.6) is 0 Å². The molecule has 0 amide bonds. The Hall–Kier alpha value is -2.63. The molecule has 0 N–H and O–H groups in total. The number of rotatable bonds is 6. The number of ether oxygens (including phenoxy) is 1. The minimum absolute atomic E-state index is 0.155. The molecule has 5 heteroatoms. The number of hydrogen-bond acceptors (Lipinski definition) is 4. The largest absolute Gasteiger partial charge is 0.378 e. The summed E-state index contributed by atoms with van der Waals surface area (Å²) in [4.78, 5) is 9.69. The second-order valence-electron chi connectivity index (χ2n) is 9.25. The van der Waals surface area contributed by atoms with Gasteiger partial charge in [0.25, 0.3) is 0 Å². The van der Waals surface area contributed by atoms with Crippen LogP contribution in [0.1, 0.15) is 49.2 Å². The fraction of sp³-hybridized carbons (Fsp3) is 0.444. The van der Waals surface area contributed by atoms with Gasteiger partial charge in [0.1, 0.15) is 11.9 Å². The van der Waals surface area contributed by atoms with E-state index in [9.17, 15) is 0 Å². The topological polar surface area (TPSA) is 33.5 Å². The van der Waals surface area contributed by atoms with Gasteiger partial charge in [-0.2, -0.15) is 0 Å². The molecule has 5 nitrogen and oxygen atoms in total. The Morgan fingerprint density at radius 1 is 1.03 bits per heavy atom. The van der Waals surface area contributed by atoms with Gasteiger partial charge in [0.2, 0.25) is 0 Å². The van der Waals surface area contributed by atoms with Crippen LogP contribution in [0.15, 0.2) is 54.6 Å². The Labute approximate surface area is 191 Å². The summed E-state index contributed by atoms with van der Waals surface area (Å²) in [6.45, 7) is 4.10. The molecule has 0 saturated carbocycles. The highest BCUT2D eigenvalue weighted by molar-refractivity contribution is 5.76. The van der Waals surface area contributed by atoms with E-state index in [1.54, 1.807) is 0 Å². The molecule has 2 fully saturated rings. The standard InChI is InChI=1S/C27H34N4O/c1-29(2)22-13-11-21(12-14-22)7-5-17-30-18-15-23(16-19-30)31-25-9-4-3-8-24(25)28-27(31)26-10-6-20-32-26/h3-5,7-9,11-14,23,26H,6,10,15-20H2,1-2H3. The van der Waals surface area contributed by atoms with Crippen molar-refractivity contribution in [1.82, 2.24) is 14.5 Å². The van der Waals surface area contributed by atoms with Crippen LogP contribution < -0.4 is 4.90 Å². The summed E-state index contributed by atoms with van der Waals surface area (Å²) in [5.74, 6) is 1.14. The third kappa shape index (κ3) is 4.45. The molecule has 32 heavy (non-hydrogen) atoms. The van der Waals surface area contributed by atoms with Crippen LogP contribution in [0.4, 0.5) is 5.69 Å². The lowest BCUT2D eigenvalue weighted by molar-refractivity contribution is 0.0978. The van der Waals surface area contributed by atoms with Crippen molar-refractivity contribution in [2.75, 3.05) is 45.2 Å². The Morgan fingerprint density at radius 3 is 2.53 bits per heavy atom. The number of aromatic nitrogens is 2. The molecule has 0 bridgehead atoms. The Morgan fingerprint density at radius 2 is 1.81 bits per heavy atom. The average Bonchev–Trinajstić information content (AvgIpc) is 3.48. The van der Waals surface area contributed by atoms with Crippen molar-refractivity contribution >= 4 is 22.8 Å². The number of nitrogens with zero attached hydrogens (tertiary/aromatic N) is 4. The van der Waals surface area contributed by atoms with Gasteiger partial charge in [-0.25, -0.2) is 4.98 Å². The van der Waals surface area contributed by atoms with Crippen molar-refractivity contribution < 1.29 is 4.74 Å². The maximum absolute atomic E-state index is 6.03. The SMILES string of the molecule is CN(C)c1ccc(C=CCN2CCC(n3c(C4CCCO4)nc4ccccc43)CC2)cc1. The lowest BCUT2D eigenvalue weighted by atomic mass is 10.0. The van der Waals surface area contributed by atoms with Gasteiger partial charge in [0.15, 0.2) is 0 Å². The van der Waals surface area contributed by atoms with Crippen molar-refractivity contribution in [1.29, 1.82) is 0 Å². The van der Waals surface area contributed by atoms with Gasteiger partial charge in [-0.3, -0.25) is 4.90 Å². The van der Waals surface area contributed by atoms with Gasteiger partial charge in [0, 0.05) is 52.1 Å². The molecule has 168 valence electrons. The Bertz CT molecular complexity index is 1050. The summed E-state index contributed by atoms with van der Waals surface area (Å²) < 4.78 is 8.54. The molecular formula is C27H34N4O. The first-order valence-corrected chi connectivity index (χ1v) is 11.9. The molecule has 1 atom stereocenters. The third-order valence-corrected chi connectivity index (χ3v) is 6.85. The van der Waals surface area contributed by atoms with Crippen molar-refractivity contribution in [3.63, 3.8) is 0 Å². The normalized spacial score (nSPS) is 20.5. The maximum Gasteiger partial charge on any atom is 0.139 e. The molecule has 5 rings (SSSR count). The molecule has 2 saturated heterocycles. The van der Waals surface area contributed by atoms with Crippen molar-refractivity contribution in [3.8, 4) is 0 Å².